The summed E-state index contributed by atoms with van der Waals surface area (Å²) in [5, 5.41) is 0.0323. The number of benzene rings is 1. The van der Waals surface area contributed by atoms with Gasteiger partial charge in [-0.3, -0.25) is 0 Å². The summed E-state index contributed by atoms with van der Waals surface area (Å²) < 4.78 is 10.5. The summed E-state index contributed by atoms with van der Waals surface area (Å²) >= 11 is 4.93. The zero-order valence-corrected chi connectivity index (χ0v) is 9.18. The Balaban J connectivity index is 1.95. The van der Waals surface area contributed by atoms with Gasteiger partial charge in [-0.15, -0.1) is 0 Å². The maximum absolute atomic E-state index is 5.29. The van der Waals surface area contributed by atoms with Crippen LogP contribution in [0.15, 0.2) is 54.7 Å². The maximum Gasteiger partial charge on any atom is 0.364 e. The number of nitrogens with zero attached hydrogens (tertiary/aromatic N) is 1. The molecule has 2 rings (SSSR count). The molecule has 0 fully saturated rings. The summed E-state index contributed by atoms with van der Waals surface area (Å²) in [5.41, 5.74) is 0. The van der Waals surface area contributed by atoms with Crippen LogP contribution in [0.25, 0.3) is 0 Å². The molecule has 1 heterocycles. The second kappa shape index (κ2) is 5.23. The predicted molar refractivity (Wildman–Crippen MR) is 64.5 cm³/mol. The molecule has 0 saturated carbocycles. The first-order valence-corrected chi connectivity index (χ1v) is 5.11. The number of hydrogen-bond acceptors (Lipinski definition) is 4. The van der Waals surface area contributed by atoms with E-state index >= 15 is 0 Å². The van der Waals surface area contributed by atoms with Crippen LogP contribution in [0.3, 0.4) is 0 Å². The lowest BCUT2D eigenvalue weighted by Crippen LogP contribution is -2.13. The monoisotopic (exact) mass is 231 g/mol. The average Bonchev–Trinajstić information content (AvgIpc) is 2.31. The zero-order valence-electron chi connectivity index (χ0n) is 8.37. The SMILES string of the molecule is S=C(Oc1ccccc1)Oc1ccccn1. The molecule has 4 heteroatoms. The summed E-state index contributed by atoms with van der Waals surface area (Å²) in [7, 11) is 0. The van der Waals surface area contributed by atoms with E-state index in [4.69, 9.17) is 21.7 Å². The van der Waals surface area contributed by atoms with Crippen molar-refractivity contribution in [2.24, 2.45) is 0 Å². The molecule has 16 heavy (non-hydrogen) atoms. The number of thiocarbonyl (C=S) groups is 1. The van der Waals surface area contributed by atoms with E-state index in [2.05, 4.69) is 4.98 Å². The molecule has 0 saturated heterocycles. The van der Waals surface area contributed by atoms with Gasteiger partial charge in [0.2, 0.25) is 5.88 Å². The molecule has 0 aliphatic carbocycles. The lowest BCUT2D eigenvalue weighted by atomic mass is 10.3. The van der Waals surface area contributed by atoms with Crippen molar-refractivity contribution in [1.29, 1.82) is 0 Å². The van der Waals surface area contributed by atoms with Gasteiger partial charge in [0.1, 0.15) is 5.75 Å². The van der Waals surface area contributed by atoms with Crippen LogP contribution in [-0.2, 0) is 0 Å². The summed E-state index contributed by atoms with van der Waals surface area (Å²) in [6.07, 6.45) is 1.63. The fraction of sp³-hybridized carbons (Fsp3) is 0. The van der Waals surface area contributed by atoms with Crippen molar-refractivity contribution >= 4 is 17.5 Å². The Hall–Kier alpha value is -1.94. The number of para-hydroxylation sites is 1. The predicted octanol–water partition coefficient (Wildman–Crippen LogP) is 2.82. The standard InChI is InChI=1S/C12H9NO2S/c16-12(14-10-6-2-1-3-7-10)15-11-8-4-5-9-13-11/h1-9H. The van der Waals surface area contributed by atoms with Gasteiger partial charge in [-0.25, -0.2) is 4.98 Å². The van der Waals surface area contributed by atoms with Gasteiger partial charge < -0.3 is 9.47 Å². The smallest absolute Gasteiger partial charge is 0.364 e. The van der Waals surface area contributed by atoms with Gasteiger partial charge in [0, 0.05) is 24.5 Å². The quantitative estimate of drug-likeness (QED) is 0.744. The van der Waals surface area contributed by atoms with Gasteiger partial charge in [-0.2, -0.15) is 0 Å². The highest BCUT2D eigenvalue weighted by Crippen LogP contribution is 2.11. The third kappa shape index (κ3) is 3.03. The number of aromatic nitrogens is 1. The van der Waals surface area contributed by atoms with E-state index in [1.54, 1.807) is 30.5 Å². The lowest BCUT2D eigenvalue weighted by Gasteiger charge is -2.06. The first-order valence-electron chi connectivity index (χ1n) is 4.70. The highest BCUT2D eigenvalue weighted by atomic mass is 32.1. The number of rotatable bonds is 2. The molecule has 0 aliphatic heterocycles. The normalized spacial score (nSPS) is 9.50. The zero-order chi connectivity index (χ0) is 11.2. The average molecular weight is 231 g/mol. The highest BCUT2D eigenvalue weighted by Gasteiger charge is 2.02. The molecule has 3 nitrogen and oxygen atoms in total. The lowest BCUT2D eigenvalue weighted by molar-refractivity contribution is 0.394. The topological polar surface area (TPSA) is 31.4 Å². The Morgan fingerprint density at radius 3 is 2.38 bits per heavy atom. The molecule has 80 valence electrons. The van der Waals surface area contributed by atoms with Gasteiger partial charge in [0.15, 0.2) is 0 Å². The van der Waals surface area contributed by atoms with Crippen molar-refractivity contribution in [3.63, 3.8) is 0 Å². The number of ether oxygens (including phenoxy) is 2. The molecule has 2 aromatic rings. The van der Waals surface area contributed by atoms with E-state index < -0.39 is 0 Å². The first-order chi connectivity index (χ1) is 7.84. The minimum absolute atomic E-state index is 0.0323. The molecule has 0 amide bonds. The Kier molecular flexibility index (Phi) is 3.46. The van der Waals surface area contributed by atoms with Gasteiger partial charge in [0.05, 0.1) is 0 Å². The summed E-state index contributed by atoms with van der Waals surface area (Å²) in [6.45, 7) is 0. The highest BCUT2D eigenvalue weighted by molar-refractivity contribution is 7.79. The van der Waals surface area contributed by atoms with Gasteiger partial charge >= 0.3 is 5.24 Å². The molecule has 1 aromatic heterocycles. The van der Waals surface area contributed by atoms with E-state index in [-0.39, 0.29) is 5.24 Å². The van der Waals surface area contributed by atoms with Crippen molar-refractivity contribution in [2.45, 2.75) is 0 Å². The fourth-order valence-electron chi connectivity index (χ4n) is 1.10. The maximum atomic E-state index is 5.29. The van der Waals surface area contributed by atoms with Gasteiger partial charge in [-0.1, -0.05) is 24.3 Å². The number of pyridine rings is 1. The largest absolute Gasteiger partial charge is 0.417 e. The molecule has 0 radical (unpaired) electrons. The van der Waals surface area contributed by atoms with Crippen molar-refractivity contribution in [3.8, 4) is 11.6 Å². The third-order valence-corrected chi connectivity index (χ3v) is 1.94. The Morgan fingerprint density at radius 1 is 0.938 bits per heavy atom. The third-order valence-electron chi connectivity index (χ3n) is 1.77. The molecule has 0 aliphatic rings. The minimum Gasteiger partial charge on any atom is -0.417 e. The van der Waals surface area contributed by atoms with Crippen LogP contribution in [0.4, 0.5) is 0 Å². The molecule has 1 aromatic carbocycles. The molecule has 0 spiro atoms. The van der Waals surface area contributed by atoms with Crippen LogP contribution in [-0.4, -0.2) is 10.2 Å². The van der Waals surface area contributed by atoms with Gasteiger partial charge in [-0.05, 0) is 18.2 Å². The second-order valence-corrected chi connectivity index (χ2v) is 3.27. The molecule has 0 unspecified atom stereocenters. The van der Waals surface area contributed by atoms with Crippen LogP contribution >= 0.6 is 12.2 Å². The van der Waals surface area contributed by atoms with E-state index in [1.165, 1.54) is 0 Å². The number of hydrogen-bond donors (Lipinski definition) is 0. The van der Waals surface area contributed by atoms with Crippen LogP contribution < -0.4 is 9.47 Å². The molecule has 0 atom stereocenters. The van der Waals surface area contributed by atoms with E-state index in [0.29, 0.717) is 11.6 Å². The van der Waals surface area contributed by atoms with Crippen LogP contribution in [0.2, 0.25) is 0 Å². The van der Waals surface area contributed by atoms with E-state index in [9.17, 15) is 0 Å². The van der Waals surface area contributed by atoms with E-state index in [1.807, 2.05) is 24.3 Å². The summed E-state index contributed by atoms with van der Waals surface area (Å²) in [4.78, 5) is 3.97. The van der Waals surface area contributed by atoms with Crippen LogP contribution in [0, 0.1) is 0 Å². The first kappa shape index (κ1) is 10.6. The Morgan fingerprint density at radius 2 is 1.69 bits per heavy atom. The molecule has 0 N–H and O–H groups in total. The Bertz CT molecular complexity index is 415. The van der Waals surface area contributed by atoms with E-state index in [0.717, 1.165) is 0 Å². The molecular formula is C12H9NO2S. The second-order valence-electron chi connectivity index (χ2n) is 2.94. The van der Waals surface area contributed by atoms with Crippen molar-refractivity contribution in [1.82, 2.24) is 4.98 Å². The van der Waals surface area contributed by atoms with Crippen molar-refractivity contribution < 1.29 is 9.47 Å². The molecule has 0 bridgehead atoms. The summed E-state index contributed by atoms with van der Waals surface area (Å²) in [6, 6.07) is 14.5. The van der Waals surface area contributed by atoms with Gasteiger partial charge in [0.25, 0.3) is 0 Å². The fourth-order valence-corrected chi connectivity index (χ4v) is 1.28. The van der Waals surface area contributed by atoms with Crippen LogP contribution in [0.1, 0.15) is 0 Å². The van der Waals surface area contributed by atoms with Crippen molar-refractivity contribution in [2.75, 3.05) is 0 Å². The minimum atomic E-state index is 0.0323. The summed E-state index contributed by atoms with van der Waals surface area (Å²) in [5.74, 6) is 1.06. The van der Waals surface area contributed by atoms with Crippen LogP contribution in [0.5, 0.6) is 11.6 Å². The Labute approximate surface area is 98.7 Å². The van der Waals surface area contributed by atoms with Crippen molar-refractivity contribution in [3.05, 3.63) is 54.7 Å². The molecular weight excluding hydrogens is 222 g/mol.